The number of hydrogen-bond acceptors (Lipinski definition) is 4. The third kappa shape index (κ3) is 2.93. The van der Waals surface area contributed by atoms with Gasteiger partial charge in [-0.15, -0.1) is 5.10 Å². The summed E-state index contributed by atoms with van der Waals surface area (Å²) in [4.78, 5) is 11.9. The van der Waals surface area contributed by atoms with Crippen LogP contribution in [-0.4, -0.2) is 16.0 Å². The number of nitrogens with two attached hydrogens (primary N) is 1. The van der Waals surface area contributed by atoms with E-state index in [0.29, 0.717) is 5.69 Å². The summed E-state index contributed by atoms with van der Waals surface area (Å²) >= 11 is 0. The van der Waals surface area contributed by atoms with Crippen LogP contribution in [0.3, 0.4) is 0 Å². The molecule has 146 valence electrons. The van der Waals surface area contributed by atoms with E-state index in [0.717, 1.165) is 5.56 Å². The Kier molecular flexibility index (Phi) is 4.91. The molecule has 3 rings (SSSR count). The number of fused-ring (bicyclic) bond motifs is 1. The number of benzene rings is 1. The van der Waals surface area contributed by atoms with Gasteiger partial charge in [-0.1, -0.05) is 32.9 Å². The quantitative estimate of drug-likeness (QED) is 0.794. The average Bonchev–Trinajstić information content (AvgIpc) is 2.79. The number of carbonyl (C=O) groups excluding carboxylic acids is 1. The van der Waals surface area contributed by atoms with E-state index in [9.17, 15) is 13.6 Å². The number of hydrogen-bond donors (Lipinski definition) is 1. The van der Waals surface area contributed by atoms with Crippen molar-refractivity contribution in [3.63, 3.8) is 0 Å². The predicted octanol–water partition coefficient (Wildman–Crippen LogP) is 4.42. The van der Waals surface area contributed by atoms with Gasteiger partial charge >= 0.3 is 0 Å². The van der Waals surface area contributed by atoms with Gasteiger partial charge in [-0.05, 0) is 54.3 Å². The number of nitrogens with zero attached hydrogens (tertiary/aromatic N) is 2. The van der Waals surface area contributed by atoms with Crippen molar-refractivity contribution >= 4 is 5.78 Å². The molecule has 4 nitrogen and oxygen atoms in total. The van der Waals surface area contributed by atoms with Crippen LogP contribution < -0.4 is 5.73 Å². The zero-order valence-electron chi connectivity index (χ0n) is 16.3. The van der Waals surface area contributed by atoms with Gasteiger partial charge in [0.1, 0.15) is 11.6 Å². The summed E-state index contributed by atoms with van der Waals surface area (Å²) in [5.41, 5.74) is 5.93. The smallest absolute Gasteiger partial charge is 0.179 e. The number of aromatic nitrogens is 2. The maximum atomic E-state index is 14.2. The van der Waals surface area contributed by atoms with Crippen LogP contribution in [0.15, 0.2) is 48.7 Å². The molecule has 2 atom stereocenters. The first-order chi connectivity index (χ1) is 13.1. The minimum atomic E-state index is -0.680. The fourth-order valence-electron chi connectivity index (χ4n) is 3.84. The first kappa shape index (κ1) is 19.9. The summed E-state index contributed by atoms with van der Waals surface area (Å²) in [5.74, 6) is -1.55. The van der Waals surface area contributed by atoms with E-state index in [-0.39, 0.29) is 28.4 Å². The summed E-state index contributed by atoms with van der Waals surface area (Å²) in [5, 5.41) is 8.47. The number of ketones is 1. The van der Waals surface area contributed by atoms with Crippen LogP contribution in [0.1, 0.15) is 44.9 Å². The summed E-state index contributed by atoms with van der Waals surface area (Å²) in [6, 6.07) is 5.42. The lowest BCUT2D eigenvalue weighted by Crippen LogP contribution is -2.35. The van der Waals surface area contributed by atoms with Gasteiger partial charge in [-0.3, -0.25) is 4.79 Å². The van der Waals surface area contributed by atoms with Gasteiger partial charge in [0.2, 0.25) is 0 Å². The van der Waals surface area contributed by atoms with Crippen LogP contribution in [-0.2, 0) is 10.2 Å². The zero-order valence-corrected chi connectivity index (χ0v) is 16.3. The molecule has 0 unspecified atom stereocenters. The van der Waals surface area contributed by atoms with Crippen molar-refractivity contribution in [3.8, 4) is 11.3 Å². The fourth-order valence-corrected chi connectivity index (χ4v) is 3.84. The van der Waals surface area contributed by atoms with Crippen molar-refractivity contribution in [2.24, 2.45) is 11.1 Å². The van der Waals surface area contributed by atoms with Crippen LogP contribution >= 0.6 is 0 Å². The van der Waals surface area contributed by atoms with Crippen molar-refractivity contribution in [2.75, 3.05) is 0 Å². The standard InChI is InChI=1S/C22H23F2N3O/c1-13-15-12-18(19-16(23)6-5-7-17(19)24)26-27-20(15)22(4,21(13,2)3)10-8-14(28)9-11-25/h5-13H,25H2,1-4H3/b10-8+,11-9-/t13-,22-/m0/s1. The largest absolute Gasteiger partial charge is 0.404 e. The van der Waals surface area contributed by atoms with Crippen molar-refractivity contribution in [1.82, 2.24) is 10.2 Å². The number of carbonyl (C=O) groups is 1. The van der Waals surface area contributed by atoms with Gasteiger partial charge in [0.15, 0.2) is 5.78 Å². The molecule has 6 heteroatoms. The van der Waals surface area contributed by atoms with E-state index in [1.165, 1.54) is 36.6 Å². The normalized spacial score (nSPS) is 23.4. The maximum Gasteiger partial charge on any atom is 0.179 e. The molecule has 2 N–H and O–H groups in total. The minimum absolute atomic E-state index is 0.0291. The molecule has 0 saturated carbocycles. The van der Waals surface area contributed by atoms with Crippen molar-refractivity contribution in [2.45, 2.75) is 39.0 Å². The Bertz CT molecular complexity index is 977. The van der Waals surface area contributed by atoms with Crippen molar-refractivity contribution in [1.29, 1.82) is 0 Å². The minimum Gasteiger partial charge on any atom is -0.404 e. The third-order valence-electron chi connectivity index (χ3n) is 6.26. The molecule has 0 spiro atoms. The Labute approximate surface area is 163 Å². The Hall–Kier alpha value is -2.89. The van der Waals surface area contributed by atoms with Gasteiger partial charge in [-0.2, -0.15) is 5.10 Å². The highest BCUT2D eigenvalue weighted by Crippen LogP contribution is 2.58. The average molecular weight is 383 g/mol. The Morgan fingerprint density at radius 1 is 1.14 bits per heavy atom. The Balaban J connectivity index is 2.15. The first-order valence-electron chi connectivity index (χ1n) is 9.07. The molecule has 1 heterocycles. The first-order valence-corrected chi connectivity index (χ1v) is 9.07. The highest BCUT2D eigenvalue weighted by Gasteiger charge is 2.53. The molecule has 0 saturated heterocycles. The topological polar surface area (TPSA) is 68.9 Å². The molecule has 1 aliphatic rings. The van der Waals surface area contributed by atoms with Crippen LogP contribution in [0.25, 0.3) is 11.3 Å². The van der Waals surface area contributed by atoms with Crippen LogP contribution in [0.5, 0.6) is 0 Å². The van der Waals surface area contributed by atoms with E-state index < -0.39 is 17.0 Å². The Morgan fingerprint density at radius 2 is 1.79 bits per heavy atom. The number of rotatable bonds is 4. The summed E-state index contributed by atoms with van der Waals surface area (Å²) in [6.45, 7) is 8.19. The molecule has 1 aromatic heterocycles. The second-order valence-corrected chi connectivity index (χ2v) is 7.87. The number of halogens is 2. The summed E-state index contributed by atoms with van der Waals surface area (Å²) in [7, 11) is 0. The SMILES string of the molecule is C[C@H]1c2cc(-c3c(F)cccc3F)nnc2[C@](C)(/C=C/C(=O)/C=C\N)C1(C)C. The van der Waals surface area contributed by atoms with Gasteiger partial charge in [0, 0.05) is 11.5 Å². The molecular weight excluding hydrogens is 360 g/mol. The van der Waals surface area contributed by atoms with Crippen molar-refractivity contribution in [3.05, 3.63) is 71.6 Å². The third-order valence-corrected chi connectivity index (χ3v) is 6.26. The second-order valence-electron chi connectivity index (χ2n) is 7.87. The summed E-state index contributed by atoms with van der Waals surface area (Å²) < 4.78 is 28.4. The highest BCUT2D eigenvalue weighted by molar-refractivity contribution is 5.99. The van der Waals surface area contributed by atoms with Gasteiger partial charge in [-0.25, -0.2) is 8.78 Å². The molecule has 0 radical (unpaired) electrons. The van der Waals surface area contributed by atoms with Gasteiger partial charge in [0.25, 0.3) is 0 Å². The summed E-state index contributed by atoms with van der Waals surface area (Å²) in [6.07, 6.45) is 5.76. The number of allylic oxidation sites excluding steroid dienone is 3. The van der Waals surface area contributed by atoms with Crippen LogP contribution in [0, 0.1) is 17.0 Å². The van der Waals surface area contributed by atoms with Crippen LogP contribution in [0.2, 0.25) is 0 Å². The van der Waals surface area contributed by atoms with Gasteiger partial charge in [0.05, 0.1) is 17.0 Å². The second kappa shape index (κ2) is 6.93. The molecule has 0 fully saturated rings. The molecule has 1 aromatic carbocycles. The van der Waals surface area contributed by atoms with E-state index in [1.807, 2.05) is 19.9 Å². The highest BCUT2D eigenvalue weighted by atomic mass is 19.1. The zero-order chi connectivity index (χ0) is 20.7. The van der Waals surface area contributed by atoms with Crippen LogP contribution in [0.4, 0.5) is 8.78 Å². The molecule has 0 amide bonds. The molecular formula is C22H23F2N3O. The monoisotopic (exact) mass is 383 g/mol. The lowest BCUT2D eigenvalue weighted by molar-refractivity contribution is -0.110. The fraction of sp³-hybridized carbons (Fsp3) is 0.318. The molecule has 2 aromatic rings. The van der Waals surface area contributed by atoms with Crippen molar-refractivity contribution < 1.29 is 13.6 Å². The van der Waals surface area contributed by atoms with E-state index in [1.54, 1.807) is 6.07 Å². The predicted molar refractivity (Wildman–Crippen MR) is 104 cm³/mol. The lowest BCUT2D eigenvalue weighted by Gasteiger charge is -2.38. The molecule has 0 aliphatic heterocycles. The maximum absolute atomic E-state index is 14.2. The van der Waals surface area contributed by atoms with Gasteiger partial charge < -0.3 is 5.73 Å². The molecule has 28 heavy (non-hydrogen) atoms. The van der Waals surface area contributed by atoms with E-state index in [4.69, 9.17) is 5.73 Å². The molecule has 0 bridgehead atoms. The van der Waals surface area contributed by atoms with E-state index >= 15 is 0 Å². The lowest BCUT2D eigenvalue weighted by atomic mass is 9.65. The van der Waals surface area contributed by atoms with E-state index in [2.05, 4.69) is 24.0 Å². The Morgan fingerprint density at radius 3 is 2.39 bits per heavy atom. The molecule has 1 aliphatic carbocycles.